The molecular formula is C12H19N3OS. The molecule has 0 aliphatic carbocycles. The Labute approximate surface area is 107 Å². The van der Waals surface area contributed by atoms with Crippen LogP contribution in [0.25, 0.3) is 0 Å². The van der Waals surface area contributed by atoms with Crippen molar-refractivity contribution in [2.45, 2.75) is 32.2 Å². The lowest BCUT2D eigenvalue weighted by Crippen LogP contribution is -2.25. The van der Waals surface area contributed by atoms with Crippen molar-refractivity contribution in [3.63, 3.8) is 0 Å². The Kier molecular flexibility index (Phi) is 4.91. The largest absolute Gasteiger partial charge is 0.478 e. The number of nitrogens with zero attached hydrogens (tertiary/aromatic N) is 2. The van der Waals surface area contributed by atoms with E-state index in [1.165, 1.54) is 24.3 Å². The van der Waals surface area contributed by atoms with Crippen molar-refractivity contribution in [2.24, 2.45) is 0 Å². The predicted molar refractivity (Wildman–Crippen MR) is 71.8 cm³/mol. The minimum Gasteiger partial charge on any atom is -0.478 e. The van der Waals surface area contributed by atoms with Crippen LogP contribution in [0.5, 0.6) is 5.88 Å². The van der Waals surface area contributed by atoms with E-state index in [9.17, 15) is 0 Å². The highest BCUT2D eigenvalue weighted by atomic mass is 32.2. The second kappa shape index (κ2) is 6.69. The van der Waals surface area contributed by atoms with Crippen LogP contribution < -0.4 is 10.1 Å². The Balaban J connectivity index is 1.90. The van der Waals surface area contributed by atoms with E-state index in [1.54, 1.807) is 12.3 Å². The van der Waals surface area contributed by atoms with Gasteiger partial charge in [0.1, 0.15) is 0 Å². The van der Waals surface area contributed by atoms with Gasteiger partial charge < -0.3 is 10.1 Å². The molecule has 2 rings (SSSR count). The van der Waals surface area contributed by atoms with E-state index in [0.29, 0.717) is 24.5 Å². The van der Waals surface area contributed by atoms with Crippen molar-refractivity contribution in [3.8, 4) is 5.88 Å². The van der Waals surface area contributed by atoms with E-state index in [4.69, 9.17) is 4.74 Å². The molecule has 1 aliphatic heterocycles. The van der Waals surface area contributed by atoms with Crippen LogP contribution in [-0.4, -0.2) is 34.1 Å². The Morgan fingerprint density at radius 3 is 3.06 bits per heavy atom. The zero-order valence-electron chi connectivity index (χ0n) is 10.2. The molecule has 94 valence electrons. The highest BCUT2D eigenvalue weighted by Crippen LogP contribution is 2.20. The zero-order chi connectivity index (χ0) is 11.9. The topological polar surface area (TPSA) is 47.0 Å². The third-order valence-corrected chi connectivity index (χ3v) is 3.69. The molecule has 0 spiro atoms. The summed E-state index contributed by atoms with van der Waals surface area (Å²) >= 11 is 2.02. The molecule has 0 unspecified atom stereocenters. The van der Waals surface area contributed by atoms with Crippen LogP contribution in [0.2, 0.25) is 0 Å². The summed E-state index contributed by atoms with van der Waals surface area (Å²) in [7, 11) is 0. The molecule has 1 N–H and O–H groups in total. The van der Waals surface area contributed by atoms with Crippen LogP contribution in [0.3, 0.4) is 0 Å². The first-order chi connectivity index (χ1) is 8.38. The molecule has 1 fully saturated rings. The standard InChI is InChI=1S/C12H19N3OS/c1-2-7-16-11-3-6-13-12(15-11)14-10-4-8-17-9-5-10/h3,6,10H,2,4-5,7-9H2,1H3,(H,13,14,15). The summed E-state index contributed by atoms with van der Waals surface area (Å²) in [6, 6.07) is 2.31. The van der Waals surface area contributed by atoms with E-state index >= 15 is 0 Å². The van der Waals surface area contributed by atoms with Gasteiger partial charge in [-0.15, -0.1) is 0 Å². The molecular weight excluding hydrogens is 234 g/mol. The van der Waals surface area contributed by atoms with Gasteiger partial charge in [-0.2, -0.15) is 16.7 Å². The third-order valence-electron chi connectivity index (χ3n) is 2.64. The van der Waals surface area contributed by atoms with Crippen LogP contribution in [-0.2, 0) is 0 Å². The number of hydrogen-bond donors (Lipinski definition) is 1. The smallest absolute Gasteiger partial charge is 0.226 e. The second-order valence-electron chi connectivity index (χ2n) is 4.10. The second-order valence-corrected chi connectivity index (χ2v) is 5.32. The molecule has 1 aliphatic rings. The van der Waals surface area contributed by atoms with Gasteiger partial charge in [-0.05, 0) is 30.8 Å². The van der Waals surface area contributed by atoms with Crippen molar-refractivity contribution in [1.82, 2.24) is 9.97 Å². The molecule has 1 aromatic rings. The first kappa shape index (κ1) is 12.5. The predicted octanol–water partition coefficient (Wildman–Crippen LogP) is 2.57. The van der Waals surface area contributed by atoms with Gasteiger partial charge in [-0.25, -0.2) is 4.98 Å². The van der Waals surface area contributed by atoms with Crippen molar-refractivity contribution < 1.29 is 4.74 Å². The van der Waals surface area contributed by atoms with Crippen molar-refractivity contribution in [1.29, 1.82) is 0 Å². The number of nitrogens with one attached hydrogen (secondary N) is 1. The monoisotopic (exact) mass is 253 g/mol. The SMILES string of the molecule is CCCOc1ccnc(NC2CCSCC2)n1. The first-order valence-corrected chi connectivity index (χ1v) is 7.34. The van der Waals surface area contributed by atoms with Crippen molar-refractivity contribution >= 4 is 17.7 Å². The molecule has 2 heterocycles. The highest BCUT2D eigenvalue weighted by Gasteiger charge is 2.14. The Hall–Kier alpha value is -0.970. The molecule has 1 saturated heterocycles. The maximum Gasteiger partial charge on any atom is 0.226 e. The Morgan fingerprint density at radius 1 is 1.47 bits per heavy atom. The van der Waals surface area contributed by atoms with Crippen LogP contribution in [0.15, 0.2) is 12.3 Å². The molecule has 0 saturated carbocycles. The lowest BCUT2D eigenvalue weighted by molar-refractivity contribution is 0.305. The summed E-state index contributed by atoms with van der Waals surface area (Å²) < 4.78 is 5.49. The summed E-state index contributed by atoms with van der Waals surface area (Å²) in [6.07, 6.45) is 5.12. The summed E-state index contributed by atoms with van der Waals surface area (Å²) in [5.41, 5.74) is 0. The maximum absolute atomic E-state index is 5.49. The van der Waals surface area contributed by atoms with Crippen LogP contribution in [0, 0.1) is 0 Å². The molecule has 4 nitrogen and oxygen atoms in total. The van der Waals surface area contributed by atoms with Gasteiger partial charge in [0.15, 0.2) is 0 Å². The van der Waals surface area contributed by atoms with E-state index in [2.05, 4.69) is 22.2 Å². The fourth-order valence-electron chi connectivity index (χ4n) is 1.72. The van der Waals surface area contributed by atoms with Crippen molar-refractivity contribution in [3.05, 3.63) is 12.3 Å². The molecule has 5 heteroatoms. The van der Waals surface area contributed by atoms with Gasteiger partial charge >= 0.3 is 0 Å². The number of rotatable bonds is 5. The molecule has 0 atom stereocenters. The number of thioether (sulfide) groups is 1. The fourth-order valence-corrected chi connectivity index (χ4v) is 2.83. The van der Waals surface area contributed by atoms with Crippen LogP contribution in [0.1, 0.15) is 26.2 Å². The average Bonchev–Trinajstić information content (AvgIpc) is 2.38. The van der Waals surface area contributed by atoms with E-state index in [1.807, 2.05) is 11.8 Å². The lowest BCUT2D eigenvalue weighted by atomic mass is 10.2. The average molecular weight is 253 g/mol. The third kappa shape index (κ3) is 4.07. The quantitative estimate of drug-likeness (QED) is 0.874. The molecule has 0 radical (unpaired) electrons. The van der Waals surface area contributed by atoms with Crippen LogP contribution in [0.4, 0.5) is 5.95 Å². The number of anilines is 1. The van der Waals surface area contributed by atoms with Gasteiger partial charge in [0.25, 0.3) is 0 Å². The zero-order valence-corrected chi connectivity index (χ0v) is 11.0. The summed E-state index contributed by atoms with van der Waals surface area (Å²) in [4.78, 5) is 8.59. The first-order valence-electron chi connectivity index (χ1n) is 6.18. The van der Waals surface area contributed by atoms with E-state index in [-0.39, 0.29) is 0 Å². The van der Waals surface area contributed by atoms with Crippen LogP contribution >= 0.6 is 11.8 Å². The number of aromatic nitrogens is 2. The van der Waals surface area contributed by atoms with Gasteiger partial charge in [-0.3, -0.25) is 0 Å². The molecule has 0 amide bonds. The fraction of sp³-hybridized carbons (Fsp3) is 0.667. The minimum absolute atomic E-state index is 0.512. The Morgan fingerprint density at radius 2 is 2.29 bits per heavy atom. The number of ether oxygens (including phenoxy) is 1. The van der Waals surface area contributed by atoms with Gasteiger partial charge in [0.2, 0.25) is 11.8 Å². The van der Waals surface area contributed by atoms with Crippen molar-refractivity contribution in [2.75, 3.05) is 23.4 Å². The van der Waals surface area contributed by atoms with E-state index in [0.717, 1.165) is 6.42 Å². The summed E-state index contributed by atoms with van der Waals surface area (Å²) in [6.45, 7) is 2.79. The lowest BCUT2D eigenvalue weighted by Gasteiger charge is -2.22. The van der Waals surface area contributed by atoms with Gasteiger partial charge in [-0.1, -0.05) is 6.92 Å². The molecule has 0 bridgehead atoms. The number of hydrogen-bond acceptors (Lipinski definition) is 5. The maximum atomic E-state index is 5.49. The summed E-state index contributed by atoms with van der Waals surface area (Å²) in [5.74, 6) is 3.80. The van der Waals surface area contributed by atoms with Gasteiger partial charge in [0.05, 0.1) is 6.61 Å². The molecule has 17 heavy (non-hydrogen) atoms. The normalized spacial score (nSPS) is 16.8. The van der Waals surface area contributed by atoms with Gasteiger partial charge in [0, 0.05) is 18.3 Å². The molecule has 0 aromatic carbocycles. The minimum atomic E-state index is 0.512. The molecule has 1 aromatic heterocycles. The Bertz CT molecular complexity index is 342. The highest BCUT2D eigenvalue weighted by molar-refractivity contribution is 7.99. The summed E-state index contributed by atoms with van der Waals surface area (Å²) in [5, 5.41) is 3.38. The van der Waals surface area contributed by atoms with E-state index < -0.39 is 0 Å².